The maximum absolute atomic E-state index is 13.6. The van der Waals surface area contributed by atoms with Gasteiger partial charge in [0.1, 0.15) is 12.6 Å². The summed E-state index contributed by atoms with van der Waals surface area (Å²) in [5.74, 6) is 3.07. The van der Waals surface area contributed by atoms with E-state index in [1.165, 1.54) is 0 Å². The van der Waals surface area contributed by atoms with Crippen LogP contribution in [0.5, 0.6) is 0 Å². The van der Waals surface area contributed by atoms with Crippen molar-refractivity contribution in [3.63, 3.8) is 0 Å². The lowest BCUT2D eigenvalue weighted by Crippen LogP contribution is -2.56. The van der Waals surface area contributed by atoms with E-state index in [0.717, 1.165) is 23.3 Å². The van der Waals surface area contributed by atoms with E-state index in [9.17, 15) is 9.59 Å². The van der Waals surface area contributed by atoms with Crippen molar-refractivity contribution in [1.29, 1.82) is 0 Å². The Morgan fingerprint density at radius 3 is 2.97 bits per heavy atom. The number of amides is 2. The molecule has 2 fully saturated rings. The van der Waals surface area contributed by atoms with E-state index in [1.54, 1.807) is 16.7 Å². The van der Waals surface area contributed by atoms with E-state index >= 15 is 0 Å². The van der Waals surface area contributed by atoms with Gasteiger partial charge in [0.25, 0.3) is 0 Å². The Hall–Kier alpha value is -2.01. The number of fused-ring (bicyclic) bond motifs is 2. The first-order chi connectivity index (χ1) is 14.3. The minimum atomic E-state index is -0.562. The van der Waals surface area contributed by atoms with Crippen LogP contribution in [0.2, 0.25) is 0 Å². The minimum absolute atomic E-state index is 0.0128. The minimum Gasteiger partial charge on any atom is -0.363 e. The molecule has 0 unspecified atom stereocenters. The largest absolute Gasteiger partial charge is 0.363 e. The van der Waals surface area contributed by atoms with Crippen LogP contribution in [0.15, 0.2) is 24.3 Å². The molecule has 0 saturated carbocycles. The van der Waals surface area contributed by atoms with Crippen molar-refractivity contribution < 1.29 is 14.3 Å². The maximum atomic E-state index is 13.6. The van der Waals surface area contributed by atoms with Crippen LogP contribution in [0.4, 0.5) is 0 Å². The van der Waals surface area contributed by atoms with E-state index in [2.05, 4.69) is 31.2 Å². The normalized spacial score (nSPS) is 32.1. The van der Waals surface area contributed by atoms with Gasteiger partial charge in [-0.05, 0) is 35.1 Å². The second-order valence-electron chi connectivity index (χ2n) is 9.00. The standard InChI is InChI=1S/C23H29N3O3S/c1-4-10-29-17-12-14-7-5-6-8-15(14)19(17)25-21(27)20-23(2,3)13-18-26(20)22(28)16(24)9-11-30-18/h1,5-8,16-20H,9-13,24H2,2-3H3,(H,25,27)/t16-,17+,18-,19-,20+/m0/s1. The van der Waals surface area contributed by atoms with E-state index < -0.39 is 12.1 Å². The van der Waals surface area contributed by atoms with Crippen molar-refractivity contribution in [2.45, 2.75) is 62.7 Å². The number of carbonyl (C=O) groups excluding carboxylic acids is 2. The quantitative estimate of drug-likeness (QED) is 0.717. The van der Waals surface area contributed by atoms with Crippen molar-refractivity contribution in [1.82, 2.24) is 10.2 Å². The second kappa shape index (κ2) is 8.26. The lowest BCUT2D eigenvalue weighted by molar-refractivity contribution is -0.142. The van der Waals surface area contributed by atoms with Gasteiger partial charge in [0, 0.05) is 6.42 Å². The number of nitrogens with one attached hydrogen (secondary N) is 1. The molecule has 1 aliphatic carbocycles. The third-order valence-electron chi connectivity index (χ3n) is 6.45. The average Bonchev–Trinajstić information content (AvgIpc) is 3.14. The van der Waals surface area contributed by atoms with Crippen LogP contribution in [0, 0.1) is 17.8 Å². The average molecular weight is 428 g/mol. The molecular formula is C23H29N3O3S. The molecule has 2 amide bonds. The zero-order valence-corrected chi connectivity index (χ0v) is 18.3. The Morgan fingerprint density at radius 2 is 2.20 bits per heavy atom. The number of terminal acetylenes is 1. The summed E-state index contributed by atoms with van der Waals surface area (Å²) in [6.07, 6.45) is 7.28. The summed E-state index contributed by atoms with van der Waals surface area (Å²) < 4.78 is 5.87. The number of nitrogens with two attached hydrogens (primary N) is 1. The zero-order chi connectivity index (χ0) is 21.5. The highest BCUT2D eigenvalue weighted by atomic mass is 32.2. The topological polar surface area (TPSA) is 84.7 Å². The number of hydrogen-bond acceptors (Lipinski definition) is 5. The predicted octanol–water partition coefficient (Wildman–Crippen LogP) is 1.84. The predicted molar refractivity (Wildman–Crippen MR) is 117 cm³/mol. The van der Waals surface area contributed by atoms with E-state index in [4.69, 9.17) is 16.9 Å². The first-order valence-corrected chi connectivity index (χ1v) is 11.5. The monoisotopic (exact) mass is 427 g/mol. The summed E-state index contributed by atoms with van der Waals surface area (Å²) in [6.45, 7) is 4.30. The second-order valence-corrected chi connectivity index (χ2v) is 10.3. The number of nitrogens with zero attached hydrogens (tertiary/aromatic N) is 1. The molecule has 1 aromatic carbocycles. The first kappa shape index (κ1) is 21.2. The lowest BCUT2D eigenvalue weighted by atomic mass is 9.83. The highest BCUT2D eigenvalue weighted by Crippen LogP contribution is 2.46. The first-order valence-electron chi connectivity index (χ1n) is 10.5. The molecule has 2 aliphatic heterocycles. The van der Waals surface area contributed by atoms with Gasteiger partial charge in [0.15, 0.2) is 0 Å². The number of thioether (sulfide) groups is 1. The molecule has 0 spiro atoms. The van der Waals surface area contributed by atoms with Crippen LogP contribution >= 0.6 is 11.8 Å². The Labute approximate surface area is 182 Å². The van der Waals surface area contributed by atoms with Crippen molar-refractivity contribution in [2.75, 3.05) is 12.4 Å². The van der Waals surface area contributed by atoms with E-state index in [0.29, 0.717) is 12.8 Å². The summed E-state index contributed by atoms with van der Waals surface area (Å²) in [7, 11) is 0. The molecule has 5 atom stereocenters. The van der Waals surface area contributed by atoms with Crippen LogP contribution in [-0.4, -0.2) is 52.6 Å². The van der Waals surface area contributed by atoms with Crippen LogP contribution in [-0.2, 0) is 20.7 Å². The summed E-state index contributed by atoms with van der Waals surface area (Å²) >= 11 is 1.73. The van der Waals surface area contributed by atoms with Crippen LogP contribution in [0.3, 0.4) is 0 Å². The van der Waals surface area contributed by atoms with Gasteiger partial charge in [-0.3, -0.25) is 9.59 Å². The number of ether oxygens (including phenoxy) is 1. The lowest BCUT2D eigenvalue weighted by Gasteiger charge is -2.34. The molecule has 7 heteroatoms. The SMILES string of the molecule is C#CCO[C@@H]1Cc2ccccc2[C@@H]1NC(=O)[C@H]1N2C(=O)[C@@H](N)CCS[C@H]2CC1(C)C. The number of benzene rings is 1. The van der Waals surface area contributed by atoms with Gasteiger partial charge in [0.2, 0.25) is 11.8 Å². The Balaban J connectivity index is 1.61. The van der Waals surface area contributed by atoms with E-state index in [-0.39, 0.29) is 41.4 Å². The van der Waals surface area contributed by atoms with Crippen LogP contribution in [0.25, 0.3) is 0 Å². The van der Waals surface area contributed by atoms with Gasteiger partial charge in [-0.1, -0.05) is 44.0 Å². The Morgan fingerprint density at radius 1 is 1.43 bits per heavy atom. The summed E-state index contributed by atoms with van der Waals surface area (Å²) in [6, 6.07) is 6.62. The molecular weight excluding hydrogens is 398 g/mol. The fourth-order valence-corrected chi connectivity index (χ4v) is 6.61. The molecule has 0 aromatic heterocycles. The molecule has 1 aromatic rings. The summed E-state index contributed by atoms with van der Waals surface area (Å²) in [4.78, 5) is 28.4. The number of carbonyl (C=O) groups is 2. The van der Waals surface area contributed by atoms with Crippen molar-refractivity contribution in [3.8, 4) is 12.3 Å². The molecule has 2 saturated heterocycles. The highest BCUT2D eigenvalue weighted by Gasteiger charge is 2.54. The van der Waals surface area contributed by atoms with Crippen LogP contribution < -0.4 is 11.1 Å². The van der Waals surface area contributed by atoms with Crippen LogP contribution in [0.1, 0.15) is 43.9 Å². The number of rotatable bonds is 4. The van der Waals surface area contributed by atoms with Gasteiger partial charge in [0.05, 0.1) is 23.6 Å². The molecule has 0 radical (unpaired) electrons. The molecule has 4 rings (SSSR count). The molecule has 30 heavy (non-hydrogen) atoms. The summed E-state index contributed by atoms with van der Waals surface area (Å²) in [5.41, 5.74) is 7.97. The van der Waals surface area contributed by atoms with Crippen molar-refractivity contribution in [3.05, 3.63) is 35.4 Å². The fraction of sp³-hybridized carbons (Fsp3) is 0.565. The van der Waals surface area contributed by atoms with Gasteiger partial charge in [-0.25, -0.2) is 0 Å². The molecule has 3 N–H and O–H groups in total. The summed E-state index contributed by atoms with van der Waals surface area (Å²) in [5, 5.41) is 3.19. The zero-order valence-electron chi connectivity index (χ0n) is 17.5. The number of hydrogen-bond donors (Lipinski definition) is 2. The van der Waals surface area contributed by atoms with Gasteiger partial charge < -0.3 is 20.7 Å². The molecule has 160 valence electrons. The molecule has 2 heterocycles. The fourth-order valence-electron chi connectivity index (χ4n) is 5.01. The van der Waals surface area contributed by atoms with Gasteiger partial charge in [-0.15, -0.1) is 18.2 Å². The van der Waals surface area contributed by atoms with Gasteiger partial charge >= 0.3 is 0 Å². The molecule has 6 nitrogen and oxygen atoms in total. The Bertz CT molecular complexity index is 881. The molecule has 0 bridgehead atoms. The third-order valence-corrected chi connectivity index (χ3v) is 7.70. The van der Waals surface area contributed by atoms with Crippen molar-refractivity contribution >= 4 is 23.6 Å². The molecule has 3 aliphatic rings. The Kier molecular flexibility index (Phi) is 5.84. The highest BCUT2D eigenvalue weighted by molar-refractivity contribution is 7.99. The maximum Gasteiger partial charge on any atom is 0.243 e. The van der Waals surface area contributed by atoms with Crippen molar-refractivity contribution in [2.24, 2.45) is 11.1 Å². The van der Waals surface area contributed by atoms with Gasteiger partial charge in [-0.2, -0.15) is 0 Å². The third kappa shape index (κ3) is 3.73. The smallest absolute Gasteiger partial charge is 0.243 e. The van der Waals surface area contributed by atoms with E-state index in [1.807, 2.05) is 18.2 Å².